The maximum Gasteiger partial charge on any atom is 0.0446 e. The maximum atomic E-state index is 9.14. The third-order valence-corrected chi connectivity index (χ3v) is 4.12. The van der Waals surface area contributed by atoms with Gasteiger partial charge in [-0.05, 0) is 37.8 Å². The third-order valence-electron chi connectivity index (χ3n) is 4.12. The van der Waals surface area contributed by atoms with Crippen LogP contribution in [0, 0.1) is 6.92 Å². The van der Waals surface area contributed by atoms with Gasteiger partial charge in [0.15, 0.2) is 0 Å². The van der Waals surface area contributed by atoms with Crippen molar-refractivity contribution in [1.82, 2.24) is 5.32 Å². The quantitative estimate of drug-likeness (QED) is 0.872. The van der Waals surface area contributed by atoms with E-state index in [1.54, 1.807) is 0 Å². The first kappa shape index (κ1) is 14.4. The van der Waals surface area contributed by atoms with Crippen molar-refractivity contribution >= 4 is 5.69 Å². The molecular weight excluding hydrogens is 236 g/mol. The Morgan fingerprint density at radius 2 is 2.21 bits per heavy atom. The van der Waals surface area contributed by atoms with Gasteiger partial charge in [-0.1, -0.05) is 25.1 Å². The zero-order chi connectivity index (χ0) is 13.8. The largest absolute Gasteiger partial charge is 0.396 e. The Morgan fingerprint density at radius 1 is 1.42 bits per heavy atom. The van der Waals surface area contributed by atoms with Gasteiger partial charge in [0.05, 0.1) is 0 Å². The number of para-hydroxylation sites is 1. The lowest BCUT2D eigenvalue weighted by molar-refractivity contribution is 0.254. The van der Waals surface area contributed by atoms with E-state index in [1.165, 1.54) is 16.8 Å². The number of nitrogens with zero attached hydrogens (tertiary/aromatic N) is 1. The van der Waals surface area contributed by atoms with Crippen LogP contribution in [0.3, 0.4) is 0 Å². The molecule has 106 valence electrons. The van der Waals surface area contributed by atoms with Crippen LogP contribution in [-0.4, -0.2) is 36.9 Å². The van der Waals surface area contributed by atoms with Crippen LogP contribution in [0.15, 0.2) is 18.2 Å². The highest BCUT2D eigenvalue weighted by molar-refractivity contribution is 5.60. The fourth-order valence-corrected chi connectivity index (χ4v) is 3.01. The first-order valence-corrected chi connectivity index (χ1v) is 7.36. The molecule has 1 aliphatic rings. The van der Waals surface area contributed by atoms with Crippen LogP contribution in [0.2, 0.25) is 0 Å². The lowest BCUT2D eigenvalue weighted by Crippen LogP contribution is -2.56. The van der Waals surface area contributed by atoms with Crippen molar-refractivity contribution in [2.75, 3.05) is 24.6 Å². The minimum Gasteiger partial charge on any atom is -0.396 e. The first-order valence-electron chi connectivity index (χ1n) is 7.36. The zero-order valence-electron chi connectivity index (χ0n) is 12.3. The molecule has 0 radical (unpaired) electrons. The summed E-state index contributed by atoms with van der Waals surface area (Å²) >= 11 is 0. The van der Waals surface area contributed by atoms with Crippen LogP contribution in [0.4, 0.5) is 5.69 Å². The van der Waals surface area contributed by atoms with Gasteiger partial charge in [0, 0.05) is 37.5 Å². The van der Waals surface area contributed by atoms with E-state index >= 15 is 0 Å². The van der Waals surface area contributed by atoms with Crippen molar-refractivity contribution < 1.29 is 5.11 Å². The molecule has 2 atom stereocenters. The summed E-state index contributed by atoms with van der Waals surface area (Å²) in [4.78, 5) is 2.52. The van der Waals surface area contributed by atoms with Gasteiger partial charge in [0.2, 0.25) is 0 Å². The van der Waals surface area contributed by atoms with E-state index in [4.69, 9.17) is 5.11 Å². The number of aliphatic hydroxyl groups excluding tert-OH is 1. The highest BCUT2D eigenvalue weighted by atomic mass is 16.3. The molecule has 3 heteroatoms. The molecule has 0 aliphatic carbocycles. The predicted octanol–water partition coefficient (Wildman–Crippen LogP) is 2.11. The molecule has 2 unspecified atom stereocenters. The van der Waals surface area contributed by atoms with Gasteiger partial charge in [-0.3, -0.25) is 0 Å². The van der Waals surface area contributed by atoms with E-state index in [0.717, 1.165) is 25.9 Å². The van der Waals surface area contributed by atoms with E-state index in [9.17, 15) is 0 Å². The first-order chi connectivity index (χ1) is 9.17. The molecule has 1 aromatic carbocycles. The summed E-state index contributed by atoms with van der Waals surface area (Å²) in [6.45, 7) is 8.92. The van der Waals surface area contributed by atoms with Crippen LogP contribution in [0.25, 0.3) is 0 Å². The molecule has 1 aromatic rings. The summed E-state index contributed by atoms with van der Waals surface area (Å²) in [7, 11) is 0. The number of benzene rings is 1. The van der Waals surface area contributed by atoms with Crippen molar-refractivity contribution in [2.45, 2.75) is 45.7 Å². The monoisotopic (exact) mass is 262 g/mol. The molecule has 0 aromatic heterocycles. The lowest BCUT2D eigenvalue weighted by Gasteiger charge is -2.42. The van der Waals surface area contributed by atoms with Gasteiger partial charge in [-0.15, -0.1) is 0 Å². The van der Waals surface area contributed by atoms with E-state index in [1.807, 2.05) is 0 Å². The van der Waals surface area contributed by atoms with Crippen LogP contribution in [-0.2, 0) is 6.42 Å². The van der Waals surface area contributed by atoms with Gasteiger partial charge in [-0.2, -0.15) is 0 Å². The molecule has 1 saturated heterocycles. The van der Waals surface area contributed by atoms with Crippen molar-refractivity contribution in [2.24, 2.45) is 0 Å². The molecule has 0 amide bonds. The average molecular weight is 262 g/mol. The smallest absolute Gasteiger partial charge is 0.0446 e. The van der Waals surface area contributed by atoms with Crippen LogP contribution >= 0.6 is 0 Å². The Labute approximate surface area is 116 Å². The fraction of sp³-hybridized carbons (Fsp3) is 0.625. The summed E-state index contributed by atoms with van der Waals surface area (Å²) in [5, 5.41) is 12.7. The summed E-state index contributed by atoms with van der Waals surface area (Å²) < 4.78 is 0. The molecule has 3 nitrogen and oxygen atoms in total. The SMILES string of the molecule is CCc1cccc(C)c1N1CC(CCO)NCC1C. The number of piperazine rings is 1. The third kappa shape index (κ3) is 3.10. The summed E-state index contributed by atoms with van der Waals surface area (Å²) in [5.74, 6) is 0. The van der Waals surface area contributed by atoms with E-state index in [0.29, 0.717) is 12.1 Å². The minimum atomic E-state index is 0.258. The van der Waals surface area contributed by atoms with Gasteiger partial charge >= 0.3 is 0 Å². The van der Waals surface area contributed by atoms with E-state index < -0.39 is 0 Å². The molecule has 1 fully saturated rings. The van der Waals surface area contributed by atoms with Gasteiger partial charge < -0.3 is 15.3 Å². The number of aryl methyl sites for hydroxylation is 2. The standard InChI is InChI=1S/C16H26N2O/c1-4-14-7-5-6-12(2)16(14)18-11-15(8-9-19)17-10-13(18)3/h5-7,13,15,17,19H,4,8-11H2,1-3H3. The molecule has 19 heavy (non-hydrogen) atoms. The summed E-state index contributed by atoms with van der Waals surface area (Å²) in [6, 6.07) is 7.48. The molecule has 1 heterocycles. The number of anilines is 1. The summed E-state index contributed by atoms with van der Waals surface area (Å²) in [5.41, 5.74) is 4.19. The highest BCUT2D eigenvalue weighted by Gasteiger charge is 2.26. The van der Waals surface area contributed by atoms with Gasteiger partial charge in [0.1, 0.15) is 0 Å². The number of aliphatic hydroxyl groups is 1. The average Bonchev–Trinajstić information content (AvgIpc) is 2.41. The topological polar surface area (TPSA) is 35.5 Å². The predicted molar refractivity (Wildman–Crippen MR) is 80.9 cm³/mol. The number of hydrogen-bond acceptors (Lipinski definition) is 3. The number of hydrogen-bond donors (Lipinski definition) is 2. The molecule has 0 spiro atoms. The maximum absolute atomic E-state index is 9.14. The van der Waals surface area contributed by atoms with Crippen molar-refractivity contribution in [3.63, 3.8) is 0 Å². The Balaban J connectivity index is 2.28. The molecule has 2 rings (SSSR count). The van der Waals surface area contributed by atoms with E-state index in [-0.39, 0.29) is 6.61 Å². The Hall–Kier alpha value is -1.06. The summed E-state index contributed by atoms with van der Waals surface area (Å²) in [6.07, 6.45) is 1.90. The minimum absolute atomic E-state index is 0.258. The normalized spacial score (nSPS) is 23.7. The molecular formula is C16H26N2O. The molecule has 0 saturated carbocycles. The second-order valence-corrected chi connectivity index (χ2v) is 5.56. The highest BCUT2D eigenvalue weighted by Crippen LogP contribution is 2.29. The fourth-order valence-electron chi connectivity index (χ4n) is 3.01. The second kappa shape index (κ2) is 6.40. The van der Waals surface area contributed by atoms with Crippen LogP contribution < -0.4 is 10.2 Å². The number of rotatable bonds is 4. The number of nitrogens with one attached hydrogen (secondary N) is 1. The van der Waals surface area contributed by atoms with Crippen LogP contribution in [0.1, 0.15) is 31.4 Å². The van der Waals surface area contributed by atoms with Crippen molar-refractivity contribution in [3.8, 4) is 0 Å². The lowest BCUT2D eigenvalue weighted by atomic mass is 10.00. The second-order valence-electron chi connectivity index (χ2n) is 5.56. The van der Waals surface area contributed by atoms with Crippen molar-refractivity contribution in [3.05, 3.63) is 29.3 Å². The zero-order valence-corrected chi connectivity index (χ0v) is 12.3. The van der Waals surface area contributed by atoms with E-state index in [2.05, 4.69) is 49.2 Å². The Kier molecular flexibility index (Phi) is 4.83. The molecule has 0 bridgehead atoms. The van der Waals surface area contributed by atoms with Crippen LogP contribution in [0.5, 0.6) is 0 Å². The van der Waals surface area contributed by atoms with Crippen molar-refractivity contribution in [1.29, 1.82) is 0 Å². The molecule has 2 N–H and O–H groups in total. The Bertz CT molecular complexity index is 419. The van der Waals surface area contributed by atoms with Gasteiger partial charge in [-0.25, -0.2) is 0 Å². The molecule has 1 aliphatic heterocycles. The van der Waals surface area contributed by atoms with Gasteiger partial charge in [0.25, 0.3) is 0 Å². The Morgan fingerprint density at radius 3 is 2.89 bits per heavy atom.